The van der Waals surface area contributed by atoms with Crippen molar-refractivity contribution in [2.45, 2.75) is 38.4 Å². The first-order chi connectivity index (χ1) is 11.5. The van der Waals surface area contributed by atoms with E-state index in [0.717, 1.165) is 50.1 Å². The molecule has 3 rings (SSSR count). The van der Waals surface area contributed by atoms with E-state index in [1.807, 2.05) is 13.0 Å². The highest BCUT2D eigenvalue weighted by molar-refractivity contribution is 7.15. The Balaban J connectivity index is 1.56. The van der Waals surface area contributed by atoms with Gasteiger partial charge in [-0.3, -0.25) is 0 Å². The maximum absolute atomic E-state index is 12.6. The molecule has 2 aromatic heterocycles. The zero-order chi connectivity index (χ0) is 17.2. The van der Waals surface area contributed by atoms with Crippen LogP contribution in [0.15, 0.2) is 18.6 Å². The minimum absolute atomic E-state index is 0.126. The van der Waals surface area contributed by atoms with Gasteiger partial charge in [0.05, 0.1) is 6.20 Å². The molecular formula is C15H18F3N5S. The number of halogens is 3. The molecule has 1 N–H and O–H groups in total. The smallest absolute Gasteiger partial charge is 0.359 e. The molecule has 0 amide bonds. The van der Waals surface area contributed by atoms with Gasteiger partial charge in [0.25, 0.3) is 0 Å². The Morgan fingerprint density at radius 2 is 2.00 bits per heavy atom. The lowest BCUT2D eigenvalue weighted by Crippen LogP contribution is -2.39. The van der Waals surface area contributed by atoms with Gasteiger partial charge in [-0.25, -0.2) is 15.0 Å². The molecule has 130 valence electrons. The average molecular weight is 357 g/mol. The van der Waals surface area contributed by atoms with Gasteiger partial charge in [0, 0.05) is 30.9 Å². The van der Waals surface area contributed by atoms with Gasteiger partial charge in [-0.1, -0.05) is 18.3 Å². The Labute approximate surface area is 142 Å². The number of piperidine rings is 1. The first kappa shape index (κ1) is 16.9. The van der Waals surface area contributed by atoms with Crippen molar-refractivity contribution < 1.29 is 13.2 Å². The molecule has 5 nitrogen and oxygen atoms in total. The minimum Gasteiger partial charge on any atom is -0.359 e. The molecule has 0 saturated carbocycles. The third-order valence-electron chi connectivity index (χ3n) is 4.00. The van der Waals surface area contributed by atoms with Crippen molar-refractivity contribution in [2.24, 2.45) is 0 Å². The minimum atomic E-state index is -4.33. The van der Waals surface area contributed by atoms with Crippen molar-refractivity contribution in [3.63, 3.8) is 0 Å². The van der Waals surface area contributed by atoms with E-state index in [1.165, 1.54) is 0 Å². The van der Waals surface area contributed by atoms with E-state index < -0.39 is 11.1 Å². The topological polar surface area (TPSA) is 53.9 Å². The predicted molar refractivity (Wildman–Crippen MR) is 87.4 cm³/mol. The molecule has 3 heterocycles. The van der Waals surface area contributed by atoms with Crippen LogP contribution in [0.5, 0.6) is 0 Å². The molecule has 1 saturated heterocycles. The number of nitrogens with one attached hydrogen (secondary N) is 1. The maximum atomic E-state index is 12.6. The molecule has 9 heteroatoms. The van der Waals surface area contributed by atoms with Crippen LogP contribution in [-0.4, -0.2) is 34.1 Å². The second kappa shape index (κ2) is 6.92. The van der Waals surface area contributed by atoms with Gasteiger partial charge in [-0.05, 0) is 19.3 Å². The molecule has 0 bridgehead atoms. The van der Waals surface area contributed by atoms with Crippen molar-refractivity contribution in [3.05, 3.63) is 29.2 Å². The Morgan fingerprint density at radius 3 is 2.62 bits per heavy atom. The maximum Gasteiger partial charge on any atom is 0.427 e. The number of aromatic nitrogens is 3. The second-order valence-corrected chi connectivity index (χ2v) is 6.68. The van der Waals surface area contributed by atoms with E-state index in [4.69, 9.17) is 0 Å². The van der Waals surface area contributed by atoms with Crippen LogP contribution < -0.4 is 10.2 Å². The SMILES string of the molecule is CCc1cc(N2CCC(Nc3ncc(C(F)(F)F)s3)CC2)ncn1. The molecule has 0 unspecified atom stereocenters. The summed E-state index contributed by atoms with van der Waals surface area (Å²) in [5.74, 6) is 0.911. The fraction of sp³-hybridized carbons (Fsp3) is 0.533. The Morgan fingerprint density at radius 1 is 1.25 bits per heavy atom. The van der Waals surface area contributed by atoms with Crippen molar-refractivity contribution in [3.8, 4) is 0 Å². The van der Waals surface area contributed by atoms with E-state index in [-0.39, 0.29) is 6.04 Å². The number of aryl methyl sites for hydroxylation is 1. The molecule has 0 aliphatic carbocycles. The number of anilines is 2. The summed E-state index contributed by atoms with van der Waals surface area (Å²) in [4.78, 5) is 13.8. The van der Waals surface area contributed by atoms with Crippen LogP contribution in [0.4, 0.5) is 24.1 Å². The van der Waals surface area contributed by atoms with E-state index in [1.54, 1.807) is 6.33 Å². The van der Waals surface area contributed by atoms with Crippen molar-refractivity contribution in [1.82, 2.24) is 15.0 Å². The molecule has 0 radical (unpaired) electrons. The Hall–Kier alpha value is -1.90. The number of rotatable bonds is 4. The Bertz CT molecular complexity index is 680. The molecule has 0 atom stereocenters. The monoisotopic (exact) mass is 357 g/mol. The quantitative estimate of drug-likeness (QED) is 0.906. The van der Waals surface area contributed by atoms with Gasteiger partial charge < -0.3 is 10.2 Å². The summed E-state index contributed by atoms with van der Waals surface area (Å²) >= 11 is 0.654. The molecule has 0 aromatic carbocycles. The fourth-order valence-corrected chi connectivity index (χ4v) is 3.41. The first-order valence-corrected chi connectivity index (χ1v) is 8.63. The summed E-state index contributed by atoms with van der Waals surface area (Å²) in [5, 5.41) is 3.45. The zero-order valence-corrected chi connectivity index (χ0v) is 14.0. The normalized spacial score (nSPS) is 16.4. The predicted octanol–water partition coefficient (Wildman–Crippen LogP) is 3.60. The summed E-state index contributed by atoms with van der Waals surface area (Å²) in [5.41, 5.74) is 1.00. The lowest BCUT2D eigenvalue weighted by molar-refractivity contribution is -0.134. The van der Waals surface area contributed by atoms with Gasteiger partial charge in [-0.15, -0.1) is 0 Å². The van der Waals surface area contributed by atoms with E-state index >= 15 is 0 Å². The van der Waals surface area contributed by atoms with Crippen LogP contribution in [0.2, 0.25) is 0 Å². The lowest BCUT2D eigenvalue weighted by atomic mass is 10.1. The van der Waals surface area contributed by atoms with Crippen molar-refractivity contribution in [1.29, 1.82) is 0 Å². The third kappa shape index (κ3) is 3.95. The van der Waals surface area contributed by atoms with Crippen LogP contribution >= 0.6 is 11.3 Å². The summed E-state index contributed by atoms with van der Waals surface area (Å²) in [7, 11) is 0. The highest BCUT2D eigenvalue weighted by Gasteiger charge is 2.33. The zero-order valence-electron chi connectivity index (χ0n) is 13.2. The number of alkyl halides is 3. The molecule has 2 aromatic rings. The van der Waals surface area contributed by atoms with Crippen molar-refractivity contribution in [2.75, 3.05) is 23.3 Å². The number of hydrogen-bond acceptors (Lipinski definition) is 6. The number of nitrogens with zero attached hydrogens (tertiary/aromatic N) is 4. The molecule has 1 fully saturated rings. The molecule has 1 aliphatic heterocycles. The van der Waals surface area contributed by atoms with E-state index in [0.29, 0.717) is 16.5 Å². The summed E-state index contributed by atoms with van der Waals surface area (Å²) < 4.78 is 37.8. The van der Waals surface area contributed by atoms with Gasteiger partial charge >= 0.3 is 6.18 Å². The second-order valence-electron chi connectivity index (χ2n) is 5.65. The summed E-state index contributed by atoms with van der Waals surface area (Å²) in [6.07, 6.45) is 0.644. The van der Waals surface area contributed by atoms with Gasteiger partial charge in [0.15, 0.2) is 5.13 Å². The van der Waals surface area contributed by atoms with Gasteiger partial charge in [0.1, 0.15) is 17.0 Å². The summed E-state index contributed by atoms with van der Waals surface area (Å²) in [6, 6.07) is 2.12. The number of hydrogen-bond donors (Lipinski definition) is 1. The standard InChI is InChI=1S/C15H18F3N5S/c1-2-10-7-13(21-9-20-10)23-5-3-11(4-6-23)22-14-19-8-12(24-14)15(16,17)18/h7-9,11H,2-6H2,1H3,(H,19,22). The molecular weight excluding hydrogens is 339 g/mol. The van der Waals surface area contributed by atoms with Crippen molar-refractivity contribution >= 4 is 22.3 Å². The van der Waals surface area contributed by atoms with E-state index in [9.17, 15) is 13.2 Å². The van der Waals surface area contributed by atoms with Crippen LogP contribution in [0.25, 0.3) is 0 Å². The number of thiazole rings is 1. The fourth-order valence-electron chi connectivity index (χ4n) is 2.65. The third-order valence-corrected chi connectivity index (χ3v) is 4.98. The molecule has 24 heavy (non-hydrogen) atoms. The highest BCUT2D eigenvalue weighted by Crippen LogP contribution is 2.35. The lowest BCUT2D eigenvalue weighted by Gasteiger charge is -2.33. The van der Waals surface area contributed by atoms with E-state index in [2.05, 4.69) is 25.2 Å². The molecule has 1 aliphatic rings. The highest BCUT2D eigenvalue weighted by atomic mass is 32.1. The first-order valence-electron chi connectivity index (χ1n) is 7.81. The average Bonchev–Trinajstić information content (AvgIpc) is 3.04. The van der Waals surface area contributed by atoms with Crippen LogP contribution in [0.1, 0.15) is 30.3 Å². The van der Waals surface area contributed by atoms with Crippen LogP contribution in [-0.2, 0) is 12.6 Å². The van der Waals surface area contributed by atoms with Crippen LogP contribution in [0.3, 0.4) is 0 Å². The van der Waals surface area contributed by atoms with Gasteiger partial charge in [-0.2, -0.15) is 13.2 Å². The molecule has 0 spiro atoms. The Kier molecular flexibility index (Phi) is 4.88. The van der Waals surface area contributed by atoms with Crippen LogP contribution in [0, 0.1) is 0 Å². The largest absolute Gasteiger partial charge is 0.427 e. The summed E-state index contributed by atoms with van der Waals surface area (Å²) in [6.45, 7) is 3.65. The van der Waals surface area contributed by atoms with Gasteiger partial charge in [0.2, 0.25) is 0 Å².